The van der Waals surface area contributed by atoms with Crippen LogP contribution in [0.15, 0.2) is 115 Å². The number of benzene rings is 5. The Bertz CT molecular complexity index is 1280. The fourth-order valence-corrected chi connectivity index (χ4v) is 4.09. The lowest BCUT2D eigenvalue weighted by Crippen LogP contribution is -1.97. The Morgan fingerprint density at radius 3 is 1.76 bits per heavy atom. The lowest BCUT2D eigenvalue weighted by molar-refractivity contribution is 1.57. The molecule has 5 aromatic carbocycles. The van der Waals surface area contributed by atoms with E-state index in [1.807, 2.05) is 12.1 Å². The third kappa shape index (κ3) is 3.07. The van der Waals surface area contributed by atoms with Gasteiger partial charge < -0.3 is 5.73 Å². The molecule has 0 aromatic heterocycles. The van der Waals surface area contributed by atoms with Crippen LogP contribution in [0.1, 0.15) is 0 Å². The molecule has 0 radical (unpaired) electrons. The Kier molecular flexibility index (Phi) is 4.34. The van der Waals surface area contributed by atoms with Crippen molar-refractivity contribution in [3.05, 3.63) is 115 Å². The molecule has 0 heterocycles. The summed E-state index contributed by atoms with van der Waals surface area (Å²) in [7, 11) is 0. The lowest BCUT2D eigenvalue weighted by atomic mass is 9.88. The van der Waals surface area contributed by atoms with E-state index in [0.717, 1.165) is 33.5 Å². The summed E-state index contributed by atoms with van der Waals surface area (Å²) in [6.07, 6.45) is 0. The van der Waals surface area contributed by atoms with Crippen molar-refractivity contribution in [2.75, 3.05) is 5.73 Å². The van der Waals surface area contributed by atoms with E-state index in [0.29, 0.717) is 0 Å². The van der Waals surface area contributed by atoms with E-state index in [1.54, 1.807) is 0 Å². The first kappa shape index (κ1) is 17.3. The van der Waals surface area contributed by atoms with E-state index in [2.05, 4.69) is 103 Å². The maximum Gasteiger partial charge on any atom is 0.0479 e. The highest BCUT2D eigenvalue weighted by Crippen LogP contribution is 2.43. The zero-order valence-electron chi connectivity index (χ0n) is 16.0. The number of rotatable bonds is 3. The van der Waals surface area contributed by atoms with E-state index >= 15 is 0 Å². The molecule has 2 N–H and O–H groups in total. The molecule has 1 nitrogen and oxygen atoms in total. The molecule has 0 fully saturated rings. The molecule has 5 rings (SSSR count). The first-order chi connectivity index (χ1) is 14.3. The van der Waals surface area contributed by atoms with Crippen molar-refractivity contribution in [2.24, 2.45) is 0 Å². The summed E-state index contributed by atoms with van der Waals surface area (Å²) >= 11 is 0. The first-order valence-corrected chi connectivity index (χ1v) is 9.84. The average molecular weight is 371 g/mol. The van der Waals surface area contributed by atoms with Crippen LogP contribution in [0, 0.1) is 0 Å². The van der Waals surface area contributed by atoms with Crippen molar-refractivity contribution < 1.29 is 0 Å². The summed E-state index contributed by atoms with van der Waals surface area (Å²) in [5.41, 5.74) is 14.5. The number of anilines is 1. The van der Waals surface area contributed by atoms with Crippen molar-refractivity contribution in [3.8, 4) is 33.4 Å². The van der Waals surface area contributed by atoms with E-state index in [4.69, 9.17) is 5.73 Å². The number of nitrogen functional groups attached to an aromatic ring is 1. The summed E-state index contributed by atoms with van der Waals surface area (Å²) in [5, 5.41) is 2.44. The van der Waals surface area contributed by atoms with Crippen LogP contribution in [0.5, 0.6) is 0 Å². The van der Waals surface area contributed by atoms with Gasteiger partial charge in [0.05, 0.1) is 0 Å². The molecule has 29 heavy (non-hydrogen) atoms. The highest BCUT2D eigenvalue weighted by molar-refractivity contribution is 6.04. The minimum Gasteiger partial charge on any atom is -0.398 e. The van der Waals surface area contributed by atoms with Gasteiger partial charge in [-0.1, -0.05) is 115 Å². The van der Waals surface area contributed by atoms with Crippen LogP contribution in [-0.4, -0.2) is 0 Å². The van der Waals surface area contributed by atoms with Crippen LogP contribution >= 0.6 is 0 Å². The molecular weight excluding hydrogens is 350 g/mol. The second-order valence-corrected chi connectivity index (χ2v) is 7.21. The summed E-state index contributed by atoms with van der Waals surface area (Å²) in [6.45, 7) is 0. The van der Waals surface area contributed by atoms with Gasteiger partial charge >= 0.3 is 0 Å². The Morgan fingerprint density at radius 1 is 0.414 bits per heavy atom. The smallest absolute Gasteiger partial charge is 0.0479 e. The molecule has 1 heteroatoms. The van der Waals surface area contributed by atoms with Gasteiger partial charge in [0.15, 0.2) is 0 Å². The third-order valence-corrected chi connectivity index (χ3v) is 5.47. The van der Waals surface area contributed by atoms with Crippen molar-refractivity contribution >= 4 is 16.5 Å². The van der Waals surface area contributed by atoms with Gasteiger partial charge in [-0.25, -0.2) is 0 Å². The molecule has 0 spiro atoms. The van der Waals surface area contributed by atoms with E-state index in [-0.39, 0.29) is 0 Å². The molecule has 0 unspecified atom stereocenters. The summed E-state index contributed by atoms with van der Waals surface area (Å²) < 4.78 is 0. The second-order valence-electron chi connectivity index (χ2n) is 7.21. The van der Waals surface area contributed by atoms with Crippen LogP contribution in [0.2, 0.25) is 0 Å². The van der Waals surface area contributed by atoms with Crippen molar-refractivity contribution in [3.63, 3.8) is 0 Å². The fraction of sp³-hybridized carbons (Fsp3) is 0. The standard InChI is InChI=1S/C28H21N/c29-28-26(25-17-9-15-20-12-7-8-16-23(20)25)19-18-24(21-10-3-1-4-11-21)27(28)22-13-5-2-6-14-22/h1-19H,29H2. The molecule has 0 saturated carbocycles. The molecule has 0 saturated heterocycles. The van der Waals surface area contributed by atoms with Gasteiger partial charge in [-0.3, -0.25) is 0 Å². The summed E-state index contributed by atoms with van der Waals surface area (Å²) in [6, 6.07) is 40.1. The molecule has 138 valence electrons. The zero-order valence-corrected chi connectivity index (χ0v) is 16.0. The van der Waals surface area contributed by atoms with Crippen molar-refractivity contribution in [1.82, 2.24) is 0 Å². The van der Waals surface area contributed by atoms with Crippen LogP contribution in [-0.2, 0) is 0 Å². The molecule has 5 aromatic rings. The van der Waals surface area contributed by atoms with Crippen molar-refractivity contribution in [2.45, 2.75) is 0 Å². The molecule has 0 atom stereocenters. The zero-order chi connectivity index (χ0) is 19.6. The Morgan fingerprint density at radius 2 is 1.00 bits per heavy atom. The minimum atomic E-state index is 0.814. The fourth-order valence-electron chi connectivity index (χ4n) is 4.09. The maximum atomic E-state index is 6.88. The van der Waals surface area contributed by atoms with Gasteiger partial charge in [0.2, 0.25) is 0 Å². The normalized spacial score (nSPS) is 10.9. The monoisotopic (exact) mass is 371 g/mol. The van der Waals surface area contributed by atoms with Crippen LogP contribution < -0.4 is 5.73 Å². The summed E-state index contributed by atoms with van der Waals surface area (Å²) in [5.74, 6) is 0. The first-order valence-electron chi connectivity index (χ1n) is 9.84. The summed E-state index contributed by atoms with van der Waals surface area (Å²) in [4.78, 5) is 0. The average Bonchev–Trinajstić information content (AvgIpc) is 2.80. The van der Waals surface area contributed by atoms with E-state index in [9.17, 15) is 0 Å². The third-order valence-electron chi connectivity index (χ3n) is 5.47. The second kappa shape index (κ2) is 7.29. The largest absolute Gasteiger partial charge is 0.398 e. The number of hydrogen-bond donors (Lipinski definition) is 1. The van der Waals surface area contributed by atoms with Gasteiger partial charge in [-0.05, 0) is 33.0 Å². The van der Waals surface area contributed by atoms with Crippen LogP contribution in [0.4, 0.5) is 5.69 Å². The highest BCUT2D eigenvalue weighted by atomic mass is 14.6. The van der Waals surface area contributed by atoms with Gasteiger partial charge in [0, 0.05) is 16.8 Å². The Hall–Kier alpha value is -3.84. The lowest BCUT2D eigenvalue weighted by Gasteiger charge is -2.18. The number of hydrogen-bond acceptors (Lipinski definition) is 1. The Labute approximate surface area is 171 Å². The number of fused-ring (bicyclic) bond motifs is 1. The molecule has 0 bridgehead atoms. The van der Waals surface area contributed by atoms with Crippen molar-refractivity contribution in [1.29, 1.82) is 0 Å². The topological polar surface area (TPSA) is 26.0 Å². The maximum absolute atomic E-state index is 6.88. The predicted molar refractivity (Wildman–Crippen MR) is 125 cm³/mol. The quantitative estimate of drug-likeness (QED) is 0.328. The van der Waals surface area contributed by atoms with Gasteiger partial charge in [-0.2, -0.15) is 0 Å². The van der Waals surface area contributed by atoms with E-state index < -0.39 is 0 Å². The predicted octanol–water partition coefficient (Wildman–Crippen LogP) is 7.42. The van der Waals surface area contributed by atoms with E-state index in [1.165, 1.54) is 16.3 Å². The molecular formula is C28H21N. The molecule has 0 amide bonds. The van der Waals surface area contributed by atoms with Crippen LogP contribution in [0.25, 0.3) is 44.2 Å². The molecule has 0 aliphatic heterocycles. The highest BCUT2D eigenvalue weighted by Gasteiger charge is 2.16. The Balaban J connectivity index is 1.82. The van der Waals surface area contributed by atoms with Gasteiger partial charge in [-0.15, -0.1) is 0 Å². The SMILES string of the molecule is Nc1c(-c2cccc3ccccc23)ccc(-c2ccccc2)c1-c1ccccc1. The van der Waals surface area contributed by atoms with Gasteiger partial charge in [0.1, 0.15) is 0 Å². The minimum absolute atomic E-state index is 0.814. The van der Waals surface area contributed by atoms with Gasteiger partial charge in [0.25, 0.3) is 0 Å². The molecule has 0 aliphatic rings. The van der Waals surface area contributed by atoms with Crippen LogP contribution in [0.3, 0.4) is 0 Å². The molecule has 0 aliphatic carbocycles. The number of nitrogens with two attached hydrogens (primary N) is 1.